The molecular weight excluding hydrogens is 186 g/mol. The van der Waals surface area contributed by atoms with Crippen LogP contribution in [-0.4, -0.2) is 15.8 Å². The third-order valence-electron chi connectivity index (χ3n) is 2.98. The first-order valence-electron chi connectivity index (χ1n) is 5.63. The van der Waals surface area contributed by atoms with Crippen LogP contribution in [0.15, 0.2) is 12.3 Å². The Kier molecular flexibility index (Phi) is 3.91. The Morgan fingerprint density at radius 1 is 1.47 bits per heavy atom. The predicted molar refractivity (Wildman–Crippen MR) is 63.6 cm³/mol. The zero-order valence-corrected chi connectivity index (χ0v) is 10.3. The van der Waals surface area contributed by atoms with E-state index in [4.69, 9.17) is 5.73 Å². The van der Waals surface area contributed by atoms with Crippen LogP contribution in [0.5, 0.6) is 0 Å². The Morgan fingerprint density at radius 3 is 2.60 bits per heavy atom. The number of aryl methyl sites for hydroxylation is 2. The lowest BCUT2D eigenvalue weighted by Crippen LogP contribution is -2.34. The average molecular weight is 209 g/mol. The molecule has 0 aliphatic carbocycles. The first-order valence-corrected chi connectivity index (χ1v) is 5.63. The topological polar surface area (TPSA) is 43.8 Å². The summed E-state index contributed by atoms with van der Waals surface area (Å²) in [6, 6.07) is 2.36. The smallest absolute Gasteiger partial charge is 0.0492 e. The third-order valence-corrected chi connectivity index (χ3v) is 2.98. The van der Waals surface area contributed by atoms with Gasteiger partial charge in [-0.05, 0) is 30.7 Å². The molecule has 0 aliphatic rings. The second-order valence-corrected chi connectivity index (χ2v) is 5.31. The van der Waals surface area contributed by atoms with Crippen molar-refractivity contribution < 1.29 is 0 Å². The van der Waals surface area contributed by atoms with Crippen LogP contribution in [0.3, 0.4) is 0 Å². The molecule has 0 saturated heterocycles. The van der Waals surface area contributed by atoms with E-state index in [2.05, 4.69) is 31.9 Å². The summed E-state index contributed by atoms with van der Waals surface area (Å²) in [5, 5.41) is 4.15. The van der Waals surface area contributed by atoms with E-state index in [1.165, 1.54) is 5.69 Å². The highest BCUT2D eigenvalue weighted by atomic mass is 15.2. The van der Waals surface area contributed by atoms with E-state index in [0.29, 0.717) is 0 Å². The Hall–Kier alpha value is -0.830. The van der Waals surface area contributed by atoms with Crippen LogP contribution >= 0.6 is 0 Å². The van der Waals surface area contributed by atoms with Gasteiger partial charge in [-0.3, -0.25) is 4.68 Å². The van der Waals surface area contributed by atoms with Gasteiger partial charge in [-0.1, -0.05) is 20.8 Å². The lowest BCUT2D eigenvalue weighted by Gasteiger charge is -2.26. The van der Waals surface area contributed by atoms with Crippen molar-refractivity contribution >= 4 is 0 Å². The summed E-state index contributed by atoms with van der Waals surface area (Å²) >= 11 is 0. The summed E-state index contributed by atoms with van der Waals surface area (Å²) < 4.78 is 1.93. The van der Waals surface area contributed by atoms with E-state index in [1.54, 1.807) is 0 Å². The first kappa shape index (κ1) is 12.2. The fraction of sp³-hybridized carbons (Fsp3) is 0.750. The van der Waals surface area contributed by atoms with E-state index in [9.17, 15) is 0 Å². The second kappa shape index (κ2) is 4.79. The molecule has 1 aromatic heterocycles. The van der Waals surface area contributed by atoms with Crippen molar-refractivity contribution in [3.8, 4) is 0 Å². The minimum absolute atomic E-state index is 0.215. The van der Waals surface area contributed by atoms with Crippen molar-refractivity contribution in [3.63, 3.8) is 0 Å². The summed E-state index contributed by atoms with van der Waals surface area (Å²) in [6.45, 7) is 6.59. The van der Waals surface area contributed by atoms with E-state index >= 15 is 0 Å². The van der Waals surface area contributed by atoms with Gasteiger partial charge in [0.05, 0.1) is 0 Å². The molecule has 86 valence electrons. The van der Waals surface area contributed by atoms with E-state index in [0.717, 1.165) is 19.3 Å². The molecule has 0 amide bonds. The van der Waals surface area contributed by atoms with Gasteiger partial charge in [0, 0.05) is 25.0 Å². The molecular formula is C12H23N3. The maximum atomic E-state index is 6.11. The van der Waals surface area contributed by atoms with Gasteiger partial charge < -0.3 is 5.73 Å². The minimum Gasteiger partial charge on any atom is -0.327 e. The molecule has 0 bridgehead atoms. The van der Waals surface area contributed by atoms with Gasteiger partial charge in [0.1, 0.15) is 0 Å². The van der Waals surface area contributed by atoms with Gasteiger partial charge in [-0.2, -0.15) is 5.10 Å². The predicted octanol–water partition coefficient (Wildman–Crippen LogP) is 2.12. The fourth-order valence-electron chi connectivity index (χ4n) is 1.58. The molecule has 1 rings (SSSR count). The highest BCUT2D eigenvalue weighted by Gasteiger charge is 2.19. The number of hydrogen-bond donors (Lipinski definition) is 1. The van der Waals surface area contributed by atoms with E-state index in [-0.39, 0.29) is 11.5 Å². The molecule has 15 heavy (non-hydrogen) atoms. The third kappa shape index (κ3) is 3.67. The molecule has 0 saturated carbocycles. The van der Waals surface area contributed by atoms with Crippen LogP contribution in [0.2, 0.25) is 0 Å². The van der Waals surface area contributed by atoms with Gasteiger partial charge in [0.25, 0.3) is 0 Å². The van der Waals surface area contributed by atoms with Crippen LogP contribution in [-0.2, 0) is 13.5 Å². The lowest BCUT2D eigenvalue weighted by atomic mass is 9.84. The summed E-state index contributed by atoms with van der Waals surface area (Å²) in [5.74, 6) is 0. The summed E-state index contributed by atoms with van der Waals surface area (Å²) in [5.41, 5.74) is 7.61. The van der Waals surface area contributed by atoms with Crippen LogP contribution in [0, 0.1) is 5.41 Å². The van der Waals surface area contributed by atoms with Crippen LogP contribution in [0.4, 0.5) is 0 Å². The van der Waals surface area contributed by atoms with Gasteiger partial charge in [-0.25, -0.2) is 0 Å². The number of nitrogens with two attached hydrogens (primary N) is 1. The van der Waals surface area contributed by atoms with Crippen LogP contribution in [0.1, 0.15) is 39.3 Å². The highest BCUT2D eigenvalue weighted by Crippen LogP contribution is 2.21. The molecule has 2 N–H and O–H groups in total. The second-order valence-electron chi connectivity index (χ2n) is 5.31. The fourth-order valence-corrected chi connectivity index (χ4v) is 1.58. The normalized spacial score (nSPS) is 14.2. The Balaban J connectivity index is 2.31. The maximum absolute atomic E-state index is 6.11. The van der Waals surface area contributed by atoms with Crippen molar-refractivity contribution in [2.45, 2.75) is 46.1 Å². The first-order chi connectivity index (χ1) is 6.91. The summed E-state index contributed by atoms with van der Waals surface area (Å²) in [6.07, 6.45) is 5.13. The molecule has 0 aromatic carbocycles. The number of aromatic nitrogens is 2. The molecule has 0 radical (unpaired) electrons. The highest BCUT2D eigenvalue weighted by molar-refractivity contribution is 4.99. The van der Waals surface area contributed by atoms with Crippen LogP contribution in [0.25, 0.3) is 0 Å². The Bertz CT molecular complexity index is 296. The largest absolute Gasteiger partial charge is 0.327 e. The standard InChI is InChI=1S/C12H23N3/c1-12(2,3)11(13)7-5-6-10-8-9-14-15(10)4/h8-9,11H,5-7,13H2,1-4H3. The number of rotatable bonds is 4. The number of nitrogens with zero attached hydrogens (tertiary/aromatic N) is 2. The SMILES string of the molecule is Cn1nccc1CCCC(N)C(C)(C)C. The monoisotopic (exact) mass is 209 g/mol. The Labute approximate surface area is 92.7 Å². The average Bonchev–Trinajstić information content (AvgIpc) is 2.50. The minimum atomic E-state index is 0.215. The quantitative estimate of drug-likeness (QED) is 0.825. The summed E-state index contributed by atoms with van der Waals surface area (Å²) in [4.78, 5) is 0. The molecule has 1 aromatic rings. The van der Waals surface area contributed by atoms with Gasteiger partial charge >= 0.3 is 0 Å². The molecule has 1 unspecified atom stereocenters. The van der Waals surface area contributed by atoms with Crippen molar-refractivity contribution in [1.82, 2.24) is 9.78 Å². The number of hydrogen-bond acceptors (Lipinski definition) is 2. The zero-order valence-electron chi connectivity index (χ0n) is 10.3. The molecule has 3 heteroatoms. The maximum Gasteiger partial charge on any atom is 0.0492 e. The van der Waals surface area contributed by atoms with Crippen molar-refractivity contribution in [2.75, 3.05) is 0 Å². The summed E-state index contributed by atoms with van der Waals surface area (Å²) in [7, 11) is 1.99. The zero-order chi connectivity index (χ0) is 11.5. The van der Waals surface area contributed by atoms with Crippen molar-refractivity contribution in [1.29, 1.82) is 0 Å². The van der Waals surface area contributed by atoms with Gasteiger partial charge in [0.2, 0.25) is 0 Å². The van der Waals surface area contributed by atoms with E-state index in [1.807, 2.05) is 17.9 Å². The van der Waals surface area contributed by atoms with E-state index < -0.39 is 0 Å². The van der Waals surface area contributed by atoms with Gasteiger partial charge in [0.15, 0.2) is 0 Å². The molecule has 0 spiro atoms. The lowest BCUT2D eigenvalue weighted by molar-refractivity contribution is 0.301. The molecule has 0 fully saturated rings. The molecule has 1 atom stereocenters. The molecule has 0 aliphatic heterocycles. The molecule has 3 nitrogen and oxygen atoms in total. The van der Waals surface area contributed by atoms with Gasteiger partial charge in [-0.15, -0.1) is 0 Å². The van der Waals surface area contributed by atoms with Crippen molar-refractivity contribution in [3.05, 3.63) is 18.0 Å². The van der Waals surface area contributed by atoms with Crippen LogP contribution < -0.4 is 5.73 Å². The Morgan fingerprint density at radius 2 is 2.13 bits per heavy atom. The van der Waals surface area contributed by atoms with Crippen molar-refractivity contribution in [2.24, 2.45) is 18.2 Å². The molecule has 1 heterocycles.